The van der Waals surface area contributed by atoms with E-state index in [1.54, 1.807) is 32.1 Å². The Morgan fingerprint density at radius 1 is 0.944 bits per heavy atom. The Bertz CT molecular complexity index is 299. The first kappa shape index (κ1) is 11.8. The average Bonchev–Trinajstić information content (AvgIpc) is 2.77. The molecule has 1 saturated heterocycles. The first-order valence-electron chi connectivity index (χ1n) is 8.40. The molecule has 1 aliphatic heterocycles. The molecule has 102 valence electrons. The molecule has 5 aliphatic rings. The van der Waals surface area contributed by atoms with Crippen molar-refractivity contribution in [3.05, 3.63) is 0 Å². The van der Waals surface area contributed by atoms with Gasteiger partial charge in [0.15, 0.2) is 0 Å². The summed E-state index contributed by atoms with van der Waals surface area (Å²) in [6, 6.07) is 0. The number of rotatable bonds is 2. The maximum atomic E-state index is 3.70. The predicted octanol–water partition coefficient (Wildman–Crippen LogP) is 3.69. The summed E-state index contributed by atoms with van der Waals surface area (Å²) in [5, 5.41) is 3.70. The minimum Gasteiger partial charge on any atom is -0.316 e. The molecule has 1 atom stereocenters. The van der Waals surface area contributed by atoms with Crippen LogP contribution in [-0.2, 0) is 0 Å². The highest BCUT2D eigenvalue weighted by molar-refractivity contribution is 5.07. The van der Waals surface area contributed by atoms with Crippen LogP contribution in [0.15, 0.2) is 0 Å². The Kier molecular flexibility index (Phi) is 2.60. The normalized spacial score (nSPS) is 54.5. The molecule has 0 amide bonds. The van der Waals surface area contributed by atoms with Crippen molar-refractivity contribution in [2.24, 2.45) is 40.9 Å². The molecule has 0 radical (unpaired) electrons. The van der Waals surface area contributed by atoms with E-state index in [2.05, 4.69) is 19.2 Å². The Hall–Kier alpha value is -0.0400. The standard InChI is InChI=1S/C17H29N/c1-11(2)17(3-4-18-10-17)16-14-6-12-5-13(8-14)9-15(16)7-12/h11-16,18H,3-10H2,1-2H3. The van der Waals surface area contributed by atoms with Crippen LogP contribution in [0.25, 0.3) is 0 Å². The van der Waals surface area contributed by atoms with Gasteiger partial charge in [0.25, 0.3) is 0 Å². The monoisotopic (exact) mass is 247 g/mol. The SMILES string of the molecule is CC(C)C1(C2C3CC4CC(C3)CC2C4)CCNC1. The molecular weight excluding hydrogens is 218 g/mol. The number of hydrogen-bond acceptors (Lipinski definition) is 1. The van der Waals surface area contributed by atoms with Gasteiger partial charge in [-0.2, -0.15) is 0 Å². The molecule has 4 saturated carbocycles. The first-order chi connectivity index (χ1) is 8.69. The second kappa shape index (κ2) is 3.98. The zero-order valence-electron chi connectivity index (χ0n) is 12.1. The highest BCUT2D eigenvalue weighted by Gasteiger charge is 2.56. The van der Waals surface area contributed by atoms with Crippen LogP contribution in [-0.4, -0.2) is 13.1 Å². The van der Waals surface area contributed by atoms with E-state index in [0.717, 1.165) is 35.5 Å². The van der Waals surface area contributed by atoms with E-state index >= 15 is 0 Å². The quantitative estimate of drug-likeness (QED) is 0.784. The van der Waals surface area contributed by atoms with E-state index in [0.29, 0.717) is 5.41 Å². The third kappa shape index (κ3) is 1.49. The summed E-state index contributed by atoms with van der Waals surface area (Å²) in [6.07, 6.45) is 9.40. The molecule has 1 unspecified atom stereocenters. The van der Waals surface area contributed by atoms with Crippen LogP contribution >= 0.6 is 0 Å². The van der Waals surface area contributed by atoms with Crippen LogP contribution in [0.5, 0.6) is 0 Å². The van der Waals surface area contributed by atoms with Gasteiger partial charge in [0.05, 0.1) is 0 Å². The summed E-state index contributed by atoms with van der Waals surface area (Å²) >= 11 is 0. The molecule has 1 nitrogen and oxygen atoms in total. The van der Waals surface area contributed by atoms with Crippen molar-refractivity contribution < 1.29 is 0 Å². The molecule has 1 heterocycles. The third-order valence-corrected chi connectivity index (χ3v) is 7.26. The molecule has 1 heteroatoms. The van der Waals surface area contributed by atoms with Crippen LogP contribution < -0.4 is 5.32 Å². The van der Waals surface area contributed by atoms with E-state index < -0.39 is 0 Å². The maximum absolute atomic E-state index is 3.70. The van der Waals surface area contributed by atoms with Crippen LogP contribution in [0.4, 0.5) is 0 Å². The topological polar surface area (TPSA) is 12.0 Å². The van der Waals surface area contributed by atoms with Crippen molar-refractivity contribution in [2.45, 2.75) is 52.4 Å². The molecule has 0 spiro atoms. The van der Waals surface area contributed by atoms with Gasteiger partial charge in [-0.15, -0.1) is 0 Å². The van der Waals surface area contributed by atoms with Gasteiger partial charge in [0.2, 0.25) is 0 Å². The molecule has 0 aromatic rings. The van der Waals surface area contributed by atoms with Crippen LogP contribution in [0, 0.1) is 40.9 Å². The summed E-state index contributed by atoms with van der Waals surface area (Å²) in [4.78, 5) is 0. The molecule has 5 fully saturated rings. The van der Waals surface area contributed by atoms with Gasteiger partial charge in [-0.1, -0.05) is 13.8 Å². The minimum atomic E-state index is 0.655. The zero-order valence-corrected chi connectivity index (χ0v) is 12.1. The average molecular weight is 247 g/mol. The lowest BCUT2D eigenvalue weighted by Crippen LogP contribution is -2.54. The molecule has 4 aliphatic carbocycles. The fourth-order valence-corrected chi connectivity index (χ4v) is 6.76. The van der Waals surface area contributed by atoms with Crippen molar-refractivity contribution in [1.29, 1.82) is 0 Å². The van der Waals surface area contributed by atoms with Crippen LogP contribution in [0.3, 0.4) is 0 Å². The van der Waals surface area contributed by atoms with Crippen molar-refractivity contribution in [3.8, 4) is 0 Å². The first-order valence-corrected chi connectivity index (χ1v) is 8.40. The van der Waals surface area contributed by atoms with Gasteiger partial charge >= 0.3 is 0 Å². The lowest BCUT2D eigenvalue weighted by Gasteiger charge is -2.60. The number of hydrogen-bond donors (Lipinski definition) is 1. The highest BCUT2D eigenvalue weighted by atomic mass is 14.9. The number of nitrogens with one attached hydrogen (secondary N) is 1. The van der Waals surface area contributed by atoms with Crippen molar-refractivity contribution in [3.63, 3.8) is 0 Å². The van der Waals surface area contributed by atoms with E-state index in [1.165, 1.54) is 19.5 Å². The summed E-state index contributed by atoms with van der Waals surface area (Å²) < 4.78 is 0. The smallest absolute Gasteiger partial charge is 0.00136 e. The Morgan fingerprint density at radius 2 is 1.56 bits per heavy atom. The Balaban J connectivity index is 1.67. The van der Waals surface area contributed by atoms with Crippen LogP contribution in [0.1, 0.15) is 52.4 Å². The highest BCUT2D eigenvalue weighted by Crippen LogP contribution is 2.63. The second-order valence-electron chi connectivity index (χ2n) is 8.27. The Morgan fingerprint density at radius 3 is 2.00 bits per heavy atom. The second-order valence-corrected chi connectivity index (χ2v) is 8.27. The summed E-state index contributed by atoms with van der Waals surface area (Å²) in [5.74, 6) is 6.40. The van der Waals surface area contributed by atoms with Crippen molar-refractivity contribution in [2.75, 3.05) is 13.1 Å². The van der Waals surface area contributed by atoms with E-state index in [4.69, 9.17) is 0 Å². The van der Waals surface area contributed by atoms with E-state index in [1.807, 2.05) is 0 Å². The van der Waals surface area contributed by atoms with E-state index in [9.17, 15) is 0 Å². The zero-order chi connectivity index (χ0) is 12.3. The van der Waals surface area contributed by atoms with Gasteiger partial charge in [0, 0.05) is 6.54 Å². The van der Waals surface area contributed by atoms with Gasteiger partial charge in [-0.3, -0.25) is 0 Å². The lowest BCUT2D eigenvalue weighted by atomic mass is 9.45. The fraction of sp³-hybridized carbons (Fsp3) is 1.00. The van der Waals surface area contributed by atoms with Gasteiger partial charge in [-0.05, 0) is 86.0 Å². The minimum absolute atomic E-state index is 0.655. The van der Waals surface area contributed by atoms with Gasteiger partial charge in [-0.25, -0.2) is 0 Å². The third-order valence-electron chi connectivity index (χ3n) is 7.26. The summed E-state index contributed by atoms with van der Waals surface area (Å²) in [5.41, 5.74) is 0.655. The van der Waals surface area contributed by atoms with Gasteiger partial charge < -0.3 is 5.32 Å². The predicted molar refractivity (Wildman–Crippen MR) is 75.3 cm³/mol. The van der Waals surface area contributed by atoms with Crippen LogP contribution in [0.2, 0.25) is 0 Å². The molecule has 18 heavy (non-hydrogen) atoms. The van der Waals surface area contributed by atoms with Crippen molar-refractivity contribution >= 4 is 0 Å². The lowest BCUT2D eigenvalue weighted by molar-refractivity contribution is -0.106. The van der Waals surface area contributed by atoms with Gasteiger partial charge in [0.1, 0.15) is 0 Å². The molecule has 5 rings (SSSR count). The summed E-state index contributed by atoms with van der Waals surface area (Å²) in [6.45, 7) is 7.59. The fourth-order valence-electron chi connectivity index (χ4n) is 6.76. The maximum Gasteiger partial charge on any atom is 0.00136 e. The van der Waals surface area contributed by atoms with E-state index in [-0.39, 0.29) is 0 Å². The molecule has 4 bridgehead atoms. The Labute approximate surface area is 112 Å². The largest absolute Gasteiger partial charge is 0.316 e. The molecule has 0 aromatic heterocycles. The molecule has 0 aromatic carbocycles. The summed E-state index contributed by atoms with van der Waals surface area (Å²) in [7, 11) is 0. The molecule has 1 N–H and O–H groups in total. The van der Waals surface area contributed by atoms with Crippen molar-refractivity contribution in [1.82, 2.24) is 5.32 Å². The molecular formula is C17H29N.